The molecule has 1 saturated heterocycles. The Morgan fingerprint density at radius 3 is 2.57 bits per heavy atom. The van der Waals surface area contributed by atoms with Crippen LogP contribution < -0.4 is 5.56 Å². The van der Waals surface area contributed by atoms with Gasteiger partial charge in [0.1, 0.15) is 0 Å². The molecule has 7 nitrogen and oxygen atoms in total. The van der Waals surface area contributed by atoms with E-state index in [1.807, 2.05) is 0 Å². The van der Waals surface area contributed by atoms with E-state index in [4.69, 9.17) is 9.84 Å². The van der Waals surface area contributed by atoms with Gasteiger partial charge in [0.25, 0.3) is 5.56 Å². The maximum Gasteiger partial charge on any atom is 0.409 e. The number of carboxylic acids is 1. The van der Waals surface area contributed by atoms with Crippen molar-refractivity contribution in [3.8, 4) is 0 Å². The van der Waals surface area contributed by atoms with Gasteiger partial charge in [0.05, 0.1) is 12.2 Å². The van der Waals surface area contributed by atoms with E-state index >= 15 is 0 Å². The van der Waals surface area contributed by atoms with Crippen LogP contribution in [0.3, 0.4) is 0 Å². The number of nitrogens with zero attached hydrogens (tertiary/aromatic N) is 2. The van der Waals surface area contributed by atoms with Crippen LogP contribution in [0.25, 0.3) is 0 Å². The smallest absolute Gasteiger partial charge is 0.409 e. The van der Waals surface area contributed by atoms with Gasteiger partial charge in [-0.15, -0.1) is 0 Å². The Labute approximate surface area is 121 Å². The Morgan fingerprint density at radius 1 is 1.33 bits per heavy atom. The zero-order valence-corrected chi connectivity index (χ0v) is 11.8. The van der Waals surface area contributed by atoms with Gasteiger partial charge in [-0.1, -0.05) is 0 Å². The first-order chi connectivity index (χ1) is 10.0. The van der Waals surface area contributed by atoms with Crippen molar-refractivity contribution in [3.05, 3.63) is 34.2 Å². The van der Waals surface area contributed by atoms with E-state index in [0.29, 0.717) is 32.5 Å². The van der Waals surface area contributed by atoms with E-state index in [-0.39, 0.29) is 23.3 Å². The van der Waals surface area contributed by atoms with Gasteiger partial charge in [-0.3, -0.25) is 4.79 Å². The molecule has 0 aromatic carbocycles. The monoisotopic (exact) mass is 294 g/mol. The van der Waals surface area contributed by atoms with Crippen molar-refractivity contribution in [3.63, 3.8) is 0 Å². The van der Waals surface area contributed by atoms with E-state index < -0.39 is 5.97 Å². The third-order valence-electron chi connectivity index (χ3n) is 3.57. The summed E-state index contributed by atoms with van der Waals surface area (Å²) in [6.07, 6.45) is 2.22. The molecule has 0 aliphatic carbocycles. The third-order valence-corrected chi connectivity index (χ3v) is 3.57. The summed E-state index contributed by atoms with van der Waals surface area (Å²) >= 11 is 0. The number of amides is 1. The zero-order chi connectivity index (χ0) is 15.4. The molecule has 114 valence electrons. The molecule has 2 heterocycles. The standard InChI is InChI=1S/C14H18N2O5/c1-2-21-14(20)15-7-5-11(6-8-15)16-9-10(13(18)19)3-4-12(16)17/h3-4,9,11H,2,5-8H2,1H3,(H,18,19). The van der Waals surface area contributed by atoms with Crippen molar-refractivity contribution in [2.45, 2.75) is 25.8 Å². The summed E-state index contributed by atoms with van der Waals surface area (Å²) in [4.78, 5) is 36.1. The lowest BCUT2D eigenvalue weighted by molar-refractivity contribution is 0.0695. The van der Waals surface area contributed by atoms with Crippen LogP contribution in [0.15, 0.2) is 23.1 Å². The predicted octanol–water partition coefficient (Wildman–Crippen LogP) is 1.34. The molecule has 2 rings (SSSR count). The first-order valence-electron chi connectivity index (χ1n) is 6.90. The minimum Gasteiger partial charge on any atom is -0.478 e. The van der Waals surface area contributed by atoms with Crippen molar-refractivity contribution >= 4 is 12.1 Å². The lowest BCUT2D eigenvalue weighted by Gasteiger charge is -2.32. The molecule has 1 aliphatic heterocycles. The van der Waals surface area contributed by atoms with Gasteiger partial charge in [0, 0.05) is 31.4 Å². The average molecular weight is 294 g/mol. The lowest BCUT2D eigenvalue weighted by Crippen LogP contribution is -2.41. The Morgan fingerprint density at radius 2 is 2.00 bits per heavy atom. The second-order valence-electron chi connectivity index (χ2n) is 4.89. The normalized spacial score (nSPS) is 15.8. The molecule has 1 N–H and O–H groups in total. The number of rotatable bonds is 3. The fraction of sp³-hybridized carbons (Fsp3) is 0.500. The molecule has 0 bridgehead atoms. The minimum atomic E-state index is -1.06. The fourth-order valence-electron chi connectivity index (χ4n) is 2.46. The summed E-state index contributed by atoms with van der Waals surface area (Å²) in [5.74, 6) is -1.06. The van der Waals surface area contributed by atoms with E-state index in [0.717, 1.165) is 0 Å². The molecule has 21 heavy (non-hydrogen) atoms. The van der Waals surface area contributed by atoms with Crippen LogP contribution in [0.4, 0.5) is 4.79 Å². The molecule has 0 spiro atoms. The molecule has 1 aromatic heterocycles. The third kappa shape index (κ3) is 3.42. The molecule has 0 unspecified atom stereocenters. The van der Waals surface area contributed by atoms with Gasteiger partial charge < -0.3 is 19.3 Å². The summed E-state index contributed by atoms with van der Waals surface area (Å²) in [6.45, 7) is 3.07. The summed E-state index contributed by atoms with van der Waals surface area (Å²) in [6, 6.07) is 2.47. The molecule has 0 atom stereocenters. The lowest BCUT2D eigenvalue weighted by atomic mass is 10.0. The first kappa shape index (κ1) is 15.1. The molecular formula is C14H18N2O5. The van der Waals surface area contributed by atoms with Crippen molar-refractivity contribution in [1.82, 2.24) is 9.47 Å². The Kier molecular flexibility index (Phi) is 4.62. The SMILES string of the molecule is CCOC(=O)N1CCC(n2cc(C(=O)O)ccc2=O)CC1. The highest BCUT2D eigenvalue weighted by atomic mass is 16.6. The van der Waals surface area contributed by atoms with Crippen LogP contribution in [0.5, 0.6) is 0 Å². The van der Waals surface area contributed by atoms with Crippen molar-refractivity contribution in [2.75, 3.05) is 19.7 Å². The highest BCUT2D eigenvalue weighted by Crippen LogP contribution is 2.21. The molecule has 1 fully saturated rings. The second kappa shape index (κ2) is 6.43. The molecule has 1 aromatic rings. The average Bonchev–Trinajstić information content (AvgIpc) is 2.48. The number of hydrogen-bond donors (Lipinski definition) is 1. The summed E-state index contributed by atoms with van der Waals surface area (Å²) < 4.78 is 6.39. The van der Waals surface area contributed by atoms with Crippen molar-refractivity contribution in [1.29, 1.82) is 0 Å². The summed E-state index contributed by atoms with van der Waals surface area (Å²) in [5.41, 5.74) is -0.142. The minimum absolute atomic E-state index is 0.0856. The van der Waals surface area contributed by atoms with E-state index in [1.54, 1.807) is 11.8 Å². The number of aromatic nitrogens is 1. The maximum absolute atomic E-state index is 11.9. The molecule has 0 saturated carbocycles. The number of hydrogen-bond acceptors (Lipinski definition) is 4. The number of likely N-dealkylation sites (tertiary alicyclic amines) is 1. The summed E-state index contributed by atoms with van der Waals surface area (Å²) in [7, 11) is 0. The summed E-state index contributed by atoms with van der Waals surface area (Å²) in [5, 5.41) is 8.99. The van der Waals surface area contributed by atoms with Crippen LogP contribution in [-0.2, 0) is 4.74 Å². The van der Waals surface area contributed by atoms with Gasteiger partial charge in [-0.25, -0.2) is 9.59 Å². The quantitative estimate of drug-likeness (QED) is 0.908. The van der Waals surface area contributed by atoms with Gasteiger partial charge in [-0.05, 0) is 25.8 Å². The zero-order valence-electron chi connectivity index (χ0n) is 11.8. The number of pyridine rings is 1. The van der Waals surface area contributed by atoms with E-state index in [2.05, 4.69) is 0 Å². The number of carbonyl (C=O) groups is 2. The number of piperidine rings is 1. The van der Waals surface area contributed by atoms with E-state index in [9.17, 15) is 14.4 Å². The number of carboxylic acid groups (broad SMARTS) is 1. The van der Waals surface area contributed by atoms with Crippen LogP contribution in [-0.4, -0.2) is 46.3 Å². The number of aromatic carboxylic acids is 1. The number of carbonyl (C=O) groups excluding carboxylic acids is 1. The van der Waals surface area contributed by atoms with Crippen LogP contribution in [0, 0.1) is 0 Å². The topological polar surface area (TPSA) is 88.8 Å². The second-order valence-corrected chi connectivity index (χ2v) is 4.89. The van der Waals surface area contributed by atoms with E-state index in [1.165, 1.54) is 22.9 Å². The fourth-order valence-corrected chi connectivity index (χ4v) is 2.46. The maximum atomic E-state index is 11.9. The molecule has 0 radical (unpaired) electrons. The molecule has 1 amide bonds. The van der Waals surface area contributed by atoms with Crippen LogP contribution in [0.2, 0.25) is 0 Å². The van der Waals surface area contributed by atoms with Gasteiger partial charge in [0.2, 0.25) is 0 Å². The molecule has 1 aliphatic rings. The molecule has 7 heteroatoms. The Hall–Kier alpha value is -2.31. The van der Waals surface area contributed by atoms with Crippen molar-refractivity contribution < 1.29 is 19.4 Å². The van der Waals surface area contributed by atoms with Crippen LogP contribution >= 0.6 is 0 Å². The predicted molar refractivity (Wildman–Crippen MR) is 74.5 cm³/mol. The Balaban J connectivity index is 2.09. The van der Waals surface area contributed by atoms with Gasteiger partial charge >= 0.3 is 12.1 Å². The van der Waals surface area contributed by atoms with Crippen molar-refractivity contribution in [2.24, 2.45) is 0 Å². The largest absolute Gasteiger partial charge is 0.478 e. The first-order valence-corrected chi connectivity index (χ1v) is 6.90. The number of ether oxygens (including phenoxy) is 1. The van der Waals surface area contributed by atoms with Gasteiger partial charge in [-0.2, -0.15) is 0 Å². The highest BCUT2D eigenvalue weighted by molar-refractivity contribution is 5.87. The molecular weight excluding hydrogens is 276 g/mol. The van der Waals surface area contributed by atoms with Crippen LogP contribution in [0.1, 0.15) is 36.2 Å². The Bertz CT molecular complexity index is 587. The van der Waals surface area contributed by atoms with Gasteiger partial charge in [0.15, 0.2) is 0 Å². The highest BCUT2D eigenvalue weighted by Gasteiger charge is 2.25.